The highest BCUT2D eigenvalue weighted by Crippen LogP contribution is 2.25. The topological polar surface area (TPSA) is 41.6 Å². The Labute approximate surface area is 149 Å². The highest BCUT2D eigenvalue weighted by atomic mass is 16.5. The number of carbonyl (C=O) groups excluding carboxylic acids is 1. The standard InChI is InChI=1S/C21H26N2O2/c1-15-8-7-9-16(2)21(15)22-20(24)14-23-12-17(3)25-19(13-23)18-10-5-4-6-11-18/h4-11,17,19H,12-14H2,1-3H3,(H,22,24). The van der Waals surface area contributed by atoms with Gasteiger partial charge in [0.1, 0.15) is 0 Å². The molecule has 2 aromatic rings. The first kappa shape index (κ1) is 17.6. The summed E-state index contributed by atoms with van der Waals surface area (Å²) in [6, 6.07) is 16.3. The van der Waals surface area contributed by atoms with Gasteiger partial charge in [-0.25, -0.2) is 0 Å². The Hall–Kier alpha value is -2.17. The second kappa shape index (κ2) is 7.81. The van der Waals surface area contributed by atoms with E-state index < -0.39 is 0 Å². The molecule has 1 fully saturated rings. The summed E-state index contributed by atoms with van der Waals surface area (Å²) in [6.45, 7) is 7.98. The Morgan fingerprint density at radius 1 is 1.08 bits per heavy atom. The fourth-order valence-electron chi connectivity index (χ4n) is 3.41. The van der Waals surface area contributed by atoms with Crippen LogP contribution in [0.5, 0.6) is 0 Å². The van der Waals surface area contributed by atoms with Crippen molar-refractivity contribution in [3.63, 3.8) is 0 Å². The number of rotatable bonds is 4. The normalized spacial score (nSPS) is 21.1. The van der Waals surface area contributed by atoms with Crippen molar-refractivity contribution in [3.05, 3.63) is 65.2 Å². The van der Waals surface area contributed by atoms with E-state index in [0.29, 0.717) is 6.54 Å². The molecule has 1 N–H and O–H groups in total. The fraction of sp³-hybridized carbons (Fsp3) is 0.381. The SMILES string of the molecule is Cc1cccc(C)c1NC(=O)CN1CC(C)OC(c2ccccc2)C1. The van der Waals surface area contributed by atoms with Gasteiger partial charge < -0.3 is 10.1 Å². The molecule has 2 aromatic carbocycles. The molecule has 0 radical (unpaired) electrons. The zero-order chi connectivity index (χ0) is 17.8. The molecule has 132 valence electrons. The van der Waals surface area contributed by atoms with E-state index in [4.69, 9.17) is 4.74 Å². The zero-order valence-corrected chi connectivity index (χ0v) is 15.2. The van der Waals surface area contributed by atoms with Crippen molar-refractivity contribution in [2.24, 2.45) is 0 Å². The molecule has 4 heteroatoms. The van der Waals surface area contributed by atoms with Crippen LogP contribution < -0.4 is 5.32 Å². The van der Waals surface area contributed by atoms with Crippen LogP contribution in [-0.4, -0.2) is 36.5 Å². The van der Waals surface area contributed by atoms with Crippen molar-refractivity contribution in [1.82, 2.24) is 4.90 Å². The van der Waals surface area contributed by atoms with Crippen LogP contribution in [0.3, 0.4) is 0 Å². The van der Waals surface area contributed by atoms with Crippen LogP contribution in [-0.2, 0) is 9.53 Å². The molecule has 4 nitrogen and oxygen atoms in total. The Balaban J connectivity index is 1.64. The second-order valence-electron chi connectivity index (χ2n) is 6.86. The molecular weight excluding hydrogens is 312 g/mol. The Morgan fingerprint density at radius 3 is 2.44 bits per heavy atom. The number of hydrogen-bond acceptors (Lipinski definition) is 3. The number of anilines is 1. The molecule has 0 spiro atoms. The zero-order valence-electron chi connectivity index (χ0n) is 15.2. The van der Waals surface area contributed by atoms with Crippen molar-refractivity contribution in [1.29, 1.82) is 0 Å². The van der Waals surface area contributed by atoms with E-state index in [0.717, 1.165) is 35.5 Å². The van der Waals surface area contributed by atoms with Gasteiger partial charge >= 0.3 is 0 Å². The third kappa shape index (κ3) is 4.47. The van der Waals surface area contributed by atoms with Crippen LogP contribution in [0.4, 0.5) is 5.69 Å². The molecule has 1 amide bonds. The predicted molar refractivity (Wildman–Crippen MR) is 101 cm³/mol. The molecular formula is C21H26N2O2. The average Bonchev–Trinajstić information content (AvgIpc) is 2.58. The molecule has 1 saturated heterocycles. The lowest BCUT2D eigenvalue weighted by Crippen LogP contribution is -2.46. The van der Waals surface area contributed by atoms with Crippen LogP contribution >= 0.6 is 0 Å². The van der Waals surface area contributed by atoms with Gasteiger partial charge in [0.15, 0.2) is 0 Å². The summed E-state index contributed by atoms with van der Waals surface area (Å²) < 4.78 is 6.07. The van der Waals surface area contributed by atoms with Crippen molar-refractivity contribution >= 4 is 11.6 Å². The van der Waals surface area contributed by atoms with Crippen molar-refractivity contribution in [2.75, 3.05) is 25.0 Å². The van der Waals surface area contributed by atoms with Gasteiger partial charge in [-0.2, -0.15) is 0 Å². The van der Waals surface area contributed by atoms with Crippen LogP contribution in [0, 0.1) is 13.8 Å². The number of nitrogens with one attached hydrogen (secondary N) is 1. The molecule has 25 heavy (non-hydrogen) atoms. The molecule has 2 unspecified atom stereocenters. The summed E-state index contributed by atoms with van der Waals surface area (Å²) in [5.74, 6) is 0.0262. The average molecular weight is 338 g/mol. The van der Waals surface area contributed by atoms with E-state index in [-0.39, 0.29) is 18.1 Å². The number of aryl methyl sites for hydroxylation is 2. The number of carbonyl (C=O) groups is 1. The minimum atomic E-state index is 0.0120. The van der Waals surface area contributed by atoms with Gasteiger partial charge in [0.25, 0.3) is 0 Å². The number of nitrogens with zero attached hydrogens (tertiary/aromatic N) is 1. The van der Waals surface area contributed by atoms with Crippen LogP contribution in [0.25, 0.3) is 0 Å². The van der Waals surface area contributed by atoms with E-state index in [1.54, 1.807) is 0 Å². The first-order valence-corrected chi connectivity index (χ1v) is 8.81. The number of morpholine rings is 1. The number of amides is 1. The van der Waals surface area contributed by atoms with Crippen LogP contribution in [0.2, 0.25) is 0 Å². The maximum absolute atomic E-state index is 12.5. The first-order valence-electron chi connectivity index (χ1n) is 8.81. The minimum Gasteiger partial charge on any atom is -0.368 e. The van der Waals surface area contributed by atoms with E-state index in [1.807, 2.05) is 50.2 Å². The molecule has 0 aliphatic carbocycles. The Bertz CT molecular complexity index is 710. The van der Waals surface area contributed by atoms with E-state index >= 15 is 0 Å². The van der Waals surface area contributed by atoms with Gasteiger partial charge in [-0.3, -0.25) is 9.69 Å². The fourth-order valence-corrected chi connectivity index (χ4v) is 3.41. The maximum Gasteiger partial charge on any atom is 0.238 e. The summed E-state index contributed by atoms with van der Waals surface area (Å²) in [6.07, 6.45) is 0.116. The van der Waals surface area contributed by atoms with Crippen LogP contribution in [0.1, 0.15) is 29.7 Å². The van der Waals surface area contributed by atoms with Crippen molar-refractivity contribution in [3.8, 4) is 0 Å². The molecule has 3 rings (SSSR count). The highest BCUT2D eigenvalue weighted by Gasteiger charge is 2.27. The lowest BCUT2D eigenvalue weighted by atomic mass is 10.1. The molecule has 0 bridgehead atoms. The second-order valence-corrected chi connectivity index (χ2v) is 6.86. The molecule has 1 aliphatic heterocycles. The van der Waals surface area contributed by atoms with Gasteiger partial charge in [-0.05, 0) is 37.5 Å². The lowest BCUT2D eigenvalue weighted by Gasteiger charge is -2.36. The van der Waals surface area contributed by atoms with Gasteiger partial charge in [-0.15, -0.1) is 0 Å². The third-order valence-corrected chi connectivity index (χ3v) is 4.62. The van der Waals surface area contributed by atoms with E-state index in [2.05, 4.69) is 29.3 Å². The van der Waals surface area contributed by atoms with Crippen molar-refractivity contribution in [2.45, 2.75) is 33.0 Å². The molecule has 0 aromatic heterocycles. The van der Waals surface area contributed by atoms with E-state index in [9.17, 15) is 4.79 Å². The summed E-state index contributed by atoms with van der Waals surface area (Å²) >= 11 is 0. The van der Waals surface area contributed by atoms with Gasteiger partial charge in [0.05, 0.1) is 18.8 Å². The summed E-state index contributed by atoms with van der Waals surface area (Å²) in [4.78, 5) is 14.7. The highest BCUT2D eigenvalue weighted by molar-refractivity contribution is 5.93. The van der Waals surface area contributed by atoms with E-state index in [1.165, 1.54) is 0 Å². The third-order valence-electron chi connectivity index (χ3n) is 4.62. The van der Waals surface area contributed by atoms with Gasteiger partial charge in [-0.1, -0.05) is 48.5 Å². The van der Waals surface area contributed by atoms with Crippen LogP contribution in [0.15, 0.2) is 48.5 Å². The number of hydrogen-bond donors (Lipinski definition) is 1. The predicted octanol–water partition coefficient (Wildman–Crippen LogP) is 3.70. The number of para-hydroxylation sites is 1. The molecule has 2 atom stereocenters. The molecule has 0 saturated carbocycles. The lowest BCUT2D eigenvalue weighted by molar-refractivity contribution is -0.122. The largest absolute Gasteiger partial charge is 0.368 e. The quantitative estimate of drug-likeness (QED) is 0.924. The van der Waals surface area contributed by atoms with Crippen molar-refractivity contribution < 1.29 is 9.53 Å². The first-order chi connectivity index (χ1) is 12.0. The van der Waals surface area contributed by atoms with Gasteiger partial charge in [0, 0.05) is 18.8 Å². The maximum atomic E-state index is 12.5. The summed E-state index contributed by atoms with van der Waals surface area (Å²) in [7, 11) is 0. The van der Waals surface area contributed by atoms with Gasteiger partial charge in [0.2, 0.25) is 5.91 Å². The Morgan fingerprint density at radius 2 is 1.76 bits per heavy atom. The summed E-state index contributed by atoms with van der Waals surface area (Å²) in [5.41, 5.74) is 4.26. The monoisotopic (exact) mass is 338 g/mol. The number of ether oxygens (including phenoxy) is 1. The smallest absolute Gasteiger partial charge is 0.238 e. The molecule has 1 heterocycles. The minimum absolute atomic E-state index is 0.0120. The number of benzene rings is 2. The Kier molecular flexibility index (Phi) is 5.51. The molecule has 1 aliphatic rings. The summed E-state index contributed by atoms with van der Waals surface area (Å²) in [5, 5.41) is 3.07.